The number of halogens is 2. The number of hydrogen-bond acceptors (Lipinski definition) is 3. The van der Waals surface area contributed by atoms with E-state index in [-0.39, 0.29) is 5.56 Å². The highest BCUT2D eigenvalue weighted by atomic mass is 35.5. The maximum Gasteiger partial charge on any atom is 0.257 e. The number of nitrogens with zero attached hydrogens (tertiary/aromatic N) is 1. The van der Waals surface area contributed by atoms with E-state index in [1.165, 1.54) is 12.3 Å². The Balaban J connectivity index is 2.24. The maximum absolute atomic E-state index is 12.9. The van der Waals surface area contributed by atoms with Crippen LogP contribution in [0, 0.1) is 5.82 Å². The number of rotatable bonds is 2. The molecule has 92 valence electrons. The van der Waals surface area contributed by atoms with Crippen molar-refractivity contribution in [2.45, 2.75) is 0 Å². The van der Waals surface area contributed by atoms with E-state index < -0.39 is 11.7 Å². The molecule has 1 amide bonds. The first-order chi connectivity index (χ1) is 8.56. The molecule has 0 saturated carbocycles. The van der Waals surface area contributed by atoms with Gasteiger partial charge in [-0.3, -0.25) is 9.78 Å². The van der Waals surface area contributed by atoms with Crippen LogP contribution >= 0.6 is 11.6 Å². The Morgan fingerprint density at radius 1 is 1.33 bits per heavy atom. The lowest BCUT2D eigenvalue weighted by Gasteiger charge is -2.08. The van der Waals surface area contributed by atoms with Gasteiger partial charge in [0.15, 0.2) is 0 Å². The summed E-state index contributed by atoms with van der Waals surface area (Å²) in [5, 5.41) is 2.98. The van der Waals surface area contributed by atoms with Crippen molar-refractivity contribution in [3.05, 3.63) is 53.1 Å². The molecule has 0 aliphatic heterocycles. The Morgan fingerprint density at radius 2 is 2.11 bits per heavy atom. The van der Waals surface area contributed by atoms with Gasteiger partial charge in [-0.15, -0.1) is 0 Å². The van der Waals surface area contributed by atoms with Crippen LogP contribution in [-0.4, -0.2) is 10.9 Å². The van der Waals surface area contributed by atoms with Crippen molar-refractivity contribution in [1.82, 2.24) is 4.98 Å². The van der Waals surface area contributed by atoms with Crippen molar-refractivity contribution in [1.29, 1.82) is 0 Å². The van der Waals surface area contributed by atoms with Crippen LogP contribution in [0.4, 0.5) is 15.8 Å². The molecule has 6 heteroatoms. The van der Waals surface area contributed by atoms with Gasteiger partial charge in [0.2, 0.25) is 0 Å². The fourth-order valence-corrected chi connectivity index (χ4v) is 1.54. The first-order valence-electron chi connectivity index (χ1n) is 5.03. The van der Waals surface area contributed by atoms with Crippen LogP contribution < -0.4 is 11.1 Å². The Morgan fingerprint density at radius 3 is 2.83 bits per heavy atom. The van der Waals surface area contributed by atoms with E-state index in [1.807, 2.05) is 0 Å². The first-order valence-corrected chi connectivity index (χ1v) is 5.41. The predicted molar refractivity (Wildman–Crippen MR) is 68.0 cm³/mol. The lowest BCUT2D eigenvalue weighted by molar-refractivity contribution is 0.102. The number of benzene rings is 1. The third-order valence-corrected chi connectivity index (χ3v) is 2.47. The predicted octanol–water partition coefficient (Wildman–Crippen LogP) is 2.71. The number of nitrogens with one attached hydrogen (secondary N) is 1. The molecule has 0 aliphatic rings. The smallest absolute Gasteiger partial charge is 0.257 e. The molecule has 0 aliphatic carbocycles. The van der Waals surface area contributed by atoms with Gasteiger partial charge in [0.25, 0.3) is 5.91 Å². The van der Waals surface area contributed by atoms with Gasteiger partial charge in [-0.25, -0.2) is 4.39 Å². The Labute approximate surface area is 108 Å². The van der Waals surface area contributed by atoms with Gasteiger partial charge in [-0.1, -0.05) is 11.6 Å². The molecule has 18 heavy (non-hydrogen) atoms. The molecular formula is C12H9ClFN3O. The number of amides is 1. The third-order valence-electron chi connectivity index (χ3n) is 2.23. The fraction of sp³-hybridized carbons (Fsp3) is 0. The Kier molecular flexibility index (Phi) is 3.43. The van der Waals surface area contributed by atoms with Gasteiger partial charge >= 0.3 is 0 Å². The number of aromatic nitrogens is 1. The second-order valence-electron chi connectivity index (χ2n) is 3.58. The zero-order valence-corrected chi connectivity index (χ0v) is 9.91. The monoisotopic (exact) mass is 265 g/mol. The summed E-state index contributed by atoms with van der Waals surface area (Å²) < 4.78 is 12.9. The van der Waals surface area contributed by atoms with E-state index in [0.29, 0.717) is 16.4 Å². The minimum absolute atomic E-state index is 0.106. The molecule has 0 unspecified atom stereocenters. The van der Waals surface area contributed by atoms with Crippen molar-refractivity contribution in [3.63, 3.8) is 0 Å². The van der Waals surface area contributed by atoms with Crippen LogP contribution in [0.2, 0.25) is 5.02 Å². The number of anilines is 2. The third kappa shape index (κ3) is 2.75. The summed E-state index contributed by atoms with van der Waals surface area (Å²) in [6, 6.07) is 5.78. The molecular weight excluding hydrogens is 257 g/mol. The van der Waals surface area contributed by atoms with E-state index in [1.54, 1.807) is 12.1 Å². The molecule has 1 aromatic carbocycles. The molecule has 4 nitrogen and oxygen atoms in total. The normalized spacial score (nSPS) is 10.1. The summed E-state index contributed by atoms with van der Waals surface area (Å²) in [5.41, 5.74) is 6.53. The summed E-state index contributed by atoms with van der Waals surface area (Å²) >= 11 is 5.79. The van der Waals surface area contributed by atoms with Gasteiger partial charge in [-0.2, -0.15) is 0 Å². The second kappa shape index (κ2) is 5.01. The topological polar surface area (TPSA) is 68.0 Å². The molecule has 0 atom stereocenters. The number of hydrogen-bond donors (Lipinski definition) is 2. The highest BCUT2D eigenvalue weighted by Gasteiger charge is 2.09. The summed E-state index contributed by atoms with van der Waals surface area (Å²) in [7, 11) is 0. The zero-order chi connectivity index (χ0) is 13.1. The Hall–Kier alpha value is -2.14. The van der Waals surface area contributed by atoms with Crippen LogP contribution in [0.25, 0.3) is 0 Å². The van der Waals surface area contributed by atoms with Crippen LogP contribution in [0.5, 0.6) is 0 Å². The molecule has 1 aromatic heterocycles. The van der Waals surface area contributed by atoms with Crippen molar-refractivity contribution in [2.75, 3.05) is 11.1 Å². The highest BCUT2D eigenvalue weighted by molar-refractivity contribution is 6.31. The van der Waals surface area contributed by atoms with Gasteiger partial charge in [0.1, 0.15) is 5.82 Å². The van der Waals surface area contributed by atoms with Crippen molar-refractivity contribution in [3.8, 4) is 0 Å². The second-order valence-corrected chi connectivity index (χ2v) is 4.01. The lowest BCUT2D eigenvalue weighted by atomic mass is 10.2. The number of carbonyl (C=O) groups excluding carboxylic acids is 1. The average molecular weight is 266 g/mol. The Bertz CT molecular complexity index is 604. The average Bonchev–Trinajstić information content (AvgIpc) is 2.34. The van der Waals surface area contributed by atoms with Gasteiger partial charge in [0, 0.05) is 11.2 Å². The largest absolute Gasteiger partial charge is 0.397 e. The SMILES string of the molecule is Nc1ccc(Cl)cc1NC(=O)c1cncc(F)c1. The van der Waals surface area contributed by atoms with Gasteiger partial charge in [-0.05, 0) is 24.3 Å². The molecule has 0 radical (unpaired) electrons. The van der Waals surface area contributed by atoms with E-state index in [2.05, 4.69) is 10.3 Å². The van der Waals surface area contributed by atoms with E-state index in [9.17, 15) is 9.18 Å². The summed E-state index contributed by atoms with van der Waals surface area (Å²) in [5.74, 6) is -1.09. The molecule has 2 rings (SSSR count). The van der Waals surface area contributed by atoms with Crippen molar-refractivity contribution >= 4 is 28.9 Å². The fourth-order valence-electron chi connectivity index (χ4n) is 1.37. The van der Waals surface area contributed by atoms with Crippen LogP contribution in [0.15, 0.2) is 36.7 Å². The van der Waals surface area contributed by atoms with Crippen molar-refractivity contribution < 1.29 is 9.18 Å². The highest BCUT2D eigenvalue weighted by Crippen LogP contribution is 2.23. The maximum atomic E-state index is 12.9. The zero-order valence-electron chi connectivity index (χ0n) is 9.15. The quantitative estimate of drug-likeness (QED) is 0.821. The van der Waals surface area contributed by atoms with E-state index in [4.69, 9.17) is 17.3 Å². The standard InChI is InChI=1S/C12H9ClFN3O/c13-8-1-2-10(15)11(4-8)17-12(18)7-3-9(14)6-16-5-7/h1-6H,15H2,(H,17,18). The molecule has 0 saturated heterocycles. The molecule has 1 heterocycles. The summed E-state index contributed by atoms with van der Waals surface area (Å²) in [6.07, 6.45) is 2.28. The molecule has 3 N–H and O–H groups in total. The first kappa shape index (κ1) is 12.3. The molecule has 0 bridgehead atoms. The minimum Gasteiger partial charge on any atom is -0.397 e. The lowest BCUT2D eigenvalue weighted by Crippen LogP contribution is -2.13. The minimum atomic E-state index is -0.582. The number of carbonyl (C=O) groups is 1. The van der Waals surface area contributed by atoms with Gasteiger partial charge in [0.05, 0.1) is 23.1 Å². The van der Waals surface area contributed by atoms with Crippen LogP contribution in [0.1, 0.15) is 10.4 Å². The number of pyridine rings is 1. The van der Waals surface area contributed by atoms with Crippen LogP contribution in [-0.2, 0) is 0 Å². The summed E-state index contributed by atoms with van der Waals surface area (Å²) in [6.45, 7) is 0. The molecule has 0 fully saturated rings. The van der Waals surface area contributed by atoms with E-state index >= 15 is 0 Å². The van der Waals surface area contributed by atoms with Crippen molar-refractivity contribution in [2.24, 2.45) is 0 Å². The number of nitrogen functional groups attached to an aromatic ring is 1. The molecule has 0 spiro atoms. The van der Waals surface area contributed by atoms with Crippen LogP contribution in [0.3, 0.4) is 0 Å². The summed E-state index contributed by atoms with van der Waals surface area (Å²) in [4.78, 5) is 15.4. The number of nitrogens with two attached hydrogens (primary N) is 1. The molecule has 2 aromatic rings. The van der Waals surface area contributed by atoms with Gasteiger partial charge < -0.3 is 11.1 Å². The van der Waals surface area contributed by atoms with E-state index in [0.717, 1.165) is 12.3 Å².